The van der Waals surface area contributed by atoms with Crippen molar-refractivity contribution in [1.29, 1.82) is 0 Å². The van der Waals surface area contributed by atoms with Crippen molar-refractivity contribution in [2.45, 2.75) is 26.7 Å². The molecule has 0 radical (unpaired) electrons. The molecule has 2 nitrogen and oxygen atoms in total. The third kappa shape index (κ3) is 5.64. The summed E-state index contributed by atoms with van der Waals surface area (Å²) in [5, 5.41) is 7.88. The van der Waals surface area contributed by atoms with E-state index in [-0.39, 0.29) is 0 Å². The molecule has 1 N–H and O–H groups in total. The molecule has 1 aromatic heterocycles. The maximum absolute atomic E-state index is 5.12. The van der Waals surface area contributed by atoms with Gasteiger partial charge in [0.05, 0.1) is 0 Å². The van der Waals surface area contributed by atoms with Crippen molar-refractivity contribution in [3.63, 3.8) is 0 Å². The van der Waals surface area contributed by atoms with Crippen LogP contribution in [0.1, 0.15) is 25.8 Å². The lowest BCUT2D eigenvalue weighted by Crippen LogP contribution is -2.31. The van der Waals surface area contributed by atoms with E-state index in [1.165, 1.54) is 5.56 Å². The van der Waals surface area contributed by atoms with E-state index in [9.17, 15) is 0 Å². The van der Waals surface area contributed by atoms with Crippen molar-refractivity contribution in [2.75, 3.05) is 26.8 Å². The number of hydrogen-bond acceptors (Lipinski definition) is 3. The highest BCUT2D eigenvalue weighted by Crippen LogP contribution is 2.18. The number of rotatable bonds is 8. The Morgan fingerprint density at radius 3 is 2.88 bits per heavy atom. The Balaban J connectivity index is 2.10. The number of methoxy groups -OCH3 is 1. The van der Waals surface area contributed by atoms with Gasteiger partial charge in [0.15, 0.2) is 0 Å². The summed E-state index contributed by atoms with van der Waals surface area (Å²) < 4.78 is 5.12. The zero-order valence-corrected chi connectivity index (χ0v) is 11.4. The normalized spacial score (nSPS) is 11.9. The lowest BCUT2D eigenvalue weighted by molar-refractivity contribution is 0.151. The van der Waals surface area contributed by atoms with Crippen LogP contribution in [0.5, 0.6) is 0 Å². The molecule has 0 bridgehead atoms. The molecule has 0 saturated heterocycles. The van der Waals surface area contributed by atoms with Crippen LogP contribution in [-0.4, -0.2) is 26.8 Å². The van der Waals surface area contributed by atoms with Crippen LogP contribution in [-0.2, 0) is 11.2 Å². The third-order valence-electron chi connectivity index (χ3n) is 2.76. The fourth-order valence-electron chi connectivity index (χ4n) is 1.56. The molecule has 0 aliphatic heterocycles. The zero-order chi connectivity index (χ0) is 11.9. The highest BCUT2D eigenvalue weighted by Gasteiger charge is 2.16. The second-order valence-electron chi connectivity index (χ2n) is 4.97. The number of thiophene rings is 1. The van der Waals surface area contributed by atoms with Crippen LogP contribution in [0.4, 0.5) is 0 Å². The standard InChI is InChI=1S/C13H23NOS/c1-13(2,6-8-15-3)11-14-7-4-12-5-9-16-10-12/h5,9-10,14H,4,6-8,11H2,1-3H3. The first-order chi connectivity index (χ1) is 7.64. The van der Waals surface area contributed by atoms with E-state index in [1.807, 2.05) is 0 Å². The molecular formula is C13H23NOS. The Bertz CT molecular complexity index is 269. The van der Waals surface area contributed by atoms with E-state index >= 15 is 0 Å². The molecule has 16 heavy (non-hydrogen) atoms. The van der Waals surface area contributed by atoms with Crippen molar-refractivity contribution < 1.29 is 4.74 Å². The molecule has 0 aromatic carbocycles. The monoisotopic (exact) mass is 241 g/mol. The van der Waals surface area contributed by atoms with Crippen LogP contribution < -0.4 is 5.32 Å². The summed E-state index contributed by atoms with van der Waals surface area (Å²) in [5.74, 6) is 0. The van der Waals surface area contributed by atoms with Gasteiger partial charge in [0.2, 0.25) is 0 Å². The quantitative estimate of drug-likeness (QED) is 0.707. The van der Waals surface area contributed by atoms with Crippen LogP contribution >= 0.6 is 11.3 Å². The average Bonchev–Trinajstić information content (AvgIpc) is 2.75. The summed E-state index contributed by atoms with van der Waals surface area (Å²) in [6.07, 6.45) is 2.23. The van der Waals surface area contributed by atoms with Gasteiger partial charge in [-0.05, 0) is 47.2 Å². The van der Waals surface area contributed by atoms with E-state index in [1.54, 1.807) is 18.4 Å². The average molecular weight is 241 g/mol. The molecule has 3 heteroatoms. The zero-order valence-electron chi connectivity index (χ0n) is 10.6. The minimum atomic E-state index is 0.324. The van der Waals surface area contributed by atoms with Crippen molar-refractivity contribution in [1.82, 2.24) is 5.32 Å². The first-order valence-corrected chi connectivity index (χ1v) is 6.79. The van der Waals surface area contributed by atoms with Crippen LogP contribution in [0.3, 0.4) is 0 Å². The third-order valence-corrected chi connectivity index (χ3v) is 3.49. The summed E-state index contributed by atoms with van der Waals surface area (Å²) in [7, 11) is 1.76. The molecule has 0 amide bonds. The van der Waals surface area contributed by atoms with Gasteiger partial charge in [-0.25, -0.2) is 0 Å². The summed E-state index contributed by atoms with van der Waals surface area (Å²) >= 11 is 1.77. The first-order valence-electron chi connectivity index (χ1n) is 5.85. The molecule has 1 heterocycles. The maximum Gasteiger partial charge on any atom is 0.0467 e. The molecule has 1 aromatic rings. The number of ether oxygens (including phenoxy) is 1. The summed E-state index contributed by atoms with van der Waals surface area (Å²) in [6, 6.07) is 2.20. The molecule has 0 unspecified atom stereocenters. The van der Waals surface area contributed by atoms with Gasteiger partial charge in [-0.2, -0.15) is 11.3 Å². The second-order valence-corrected chi connectivity index (χ2v) is 5.75. The minimum Gasteiger partial charge on any atom is -0.385 e. The Morgan fingerprint density at radius 1 is 1.44 bits per heavy atom. The highest BCUT2D eigenvalue weighted by molar-refractivity contribution is 7.07. The fourth-order valence-corrected chi connectivity index (χ4v) is 2.26. The highest BCUT2D eigenvalue weighted by atomic mass is 32.1. The van der Waals surface area contributed by atoms with E-state index in [4.69, 9.17) is 4.74 Å². The maximum atomic E-state index is 5.12. The van der Waals surface area contributed by atoms with E-state index in [0.29, 0.717) is 5.41 Å². The van der Waals surface area contributed by atoms with Gasteiger partial charge >= 0.3 is 0 Å². The predicted octanol–water partition coefficient (Wildman–Crippen LogP) is 2.94. The van der Waals surface area contributed by atoms with E-state index in [2.05, 4.69) is 36.0 Å². The van der Waals surface area contributed by atoms with Crippen LogP contribution in [0.2, 0.25) is 0 Å². The molecule has 1 rings (SSSR count). The molecule has 92 valence electrons. The molecule has 0 aliphatic rings. The van der Waals surface area contributed by atoms with Gasteiger partial charge in [-0.15, -0.1) is 0 Å². The Morgan fingerprint density at radius 2 is 2.25 bits per heavy atom. The summed E-state index contributed by atoms with van der Waals surface area (Å²) in [4.78, 5) is 0. The van der Waals surface area contributed by atoms with E-state index in [0.717, 1.165) is 32.5 Å². The molecule has 0 fully saturated rings. The van der Waals surface area contributed by atoms with Crippen molar-refractivity contribution in [2.24, 2.45) is 5.41 Å². The molecule has 0 spiro atoms. The van der Waals surface area contributed by atoms with Gasteiger partial charge in [-0.3, -0.25) is 0 Å². The Kier molecular flexibility index (Phi) is 6.03. The predicted molar refractivity (Wildman–Crippen MR) is 71.2 cm³/mol. The van der Waals surface area contributed by atoms with Crippen molar-refractivity contribution in [3.8, 4) is 0 Å². The lowest BCUT2D eigenvalue weighted by Gasteiger charge is -2.24. The minimum absolute atomic E-state index is 0.324. The largest absolute Gasteiger partial charge is 0.385 e. The van der Waals surface area contributed by atoms with Gasteiger partial charge in [0.1, 0.15) is 0 Å². The molecular weight excluding hydrogens is 218 g/mol. The van der Waals surface area contributed by atoms with E-state index < -0.39 is 0 Å². The van der Waals surface area contributed by atoms with Crippen LogP contribution in [0.15, 0.2) is 16.8 Å². The van der Waals surface area contributed by atoms with Crippen molar-refractivity contribution in [3.05, 3.63) is 22.4 Å². The van der Waals surface area contributed by atoms with Gasteiger partial charge in [0.25, 0.3) is 0 Å². The smallest absolute Gasteiger partial charge is 0.0467 e. The first kappa shape index (κ1) is 13.7. The lowest BCUT2D eigenvalue weighted by atomic mass is 9.90. The molecule has 0 saturated carbocycles. The Hall–Kier alpha value is -0.380. The van der Waals surface area contributed by atoms with Crippen LogP contribution in [0, 0.1) is 5.41 Å². The van der Waals surface area contributed by atoms with Gasteiger partial charge < -0.3 is 10.1 Å². The molecule has 0 atom stereocenters. The van der Waals surface area contributed by atoms with Gasteiger partial charge in [-0.1, -0.05) is 13.8 Å². The molecule has 0 aliphatic carbocycles. The second kappa shape index (κ2) is 7.05. The summed E-state index contributed by atoms with van der Waals surface area (Å²) in [5.41, 5.74) is 1.76. The van der Waals surface area contributed by atoms with Gasteiger partial charge in [0, 0.05) is 20.3 Å². The number of hydrogen-bond donors (Lipinski definition) is 1. The number of nitrogens with one attached hydrogen (secondary N) is 1. The SMILES string of the molecule is COCCC(C)(C)CNCCc1ccsc1. The topological polar surface area (TPSA) is 21.3 Å². The van der Waals surface area contributed by atoms with Crippen molar-refractivity contribution >= 4 is 11.3 Å². The summed E-state index contributed by atoms with van der Waals surface area (Å²) in [6.45, 7) is 7.53. The van der Waals surface area contributed by atoms with Crippen LogP contribution in [0.25, 0.3) is 0 Å². The Labute approximate surface area is 103 Å². The fraction of sp³-hybridized carbons (Fsp3) is 0.692.